The van der Waals surface area contributed by atoms with Crippen LogP contribution >= 0.6 is 11.6 Å². The lowest BCUT2D eigenvalue weighted by molar-refractivity contribution is 0.461. The van der Waals surface area contributed by atoms with E-state index in [-0.39, 0.29) is 0 Å². The van der Waals surface area contributed by atoms with Crippen LogP contribution in [0.2, 0.25) is 5.02 Å². The van der Waals surface area contributed by atoms with Crippen molar-refractivity contribution < 1.29 is 4.74 Å². The molecule has 1 aliphatic rings. The summed E-state index contributed by atoms with van der Waals surface area (Å²) in [7, 11) is 0. The zero-order chi connectivity index (χ0) is 14.7. The molecule has 0 spiro atoms. The minimum atomic E-state index is 0.620. The van der Waals surface area contributed by atoms with Crippen LogP contribution in [-0.2, 0) is 13.0 Å². The molecule has 1 aromatic heterocycles. The van der Waals surface area contributed by atoms with Crippen LogP contribution in [0.3, 0.4) is 0 Å². The van der Waals surface area contributed by atoms with Crippen LogP contribution in [-0.4, -0.2) is 11.0 Å². The van der Waals surface area contributed by atoms with Crippen molar-refractivity contribution in [2.24, 2.45) is 0 Å². The standard InChI is InChI=1S/C17H19ClN2O/c1-2-13-10-15(5-6-16(13)18)21-17-9-12(7-8-19-17)11-20-14-3-4-14/h5-10,14,20H,2-4,11H2,1H3. The van der Waals surface area contributed by atoms with Crippen molar-refractivity contribution in [3.05, 3.63) is 52.7 Å². The number of rotatable bonds is 6. The van der Waals surface area contributed by atoms with Crippen molar-refractivity contribution in [1.29, 1.82) is 0 Å². The van der Waals surface area contributed by atoms with E-state index >= 15 is 0 Å². The number of nitrogens with zero attached hydrogens (tertiary/aromatic N) is 1. The maximum atomic E-state index is 6.12. The van der Waals surface area contributed by atoms with E-state index in [1.54, 1.807) is 6.20 Å². The molecule has 1 heterocycles. The summed E-state index contributed by atoms with van der Waals surface area (Å²) in [5, 5.41) is 4.27. The van der Waals surface area contributed by atoms with Crippen LogP contribution in [0.15, 0.2) is 36.5 Å². The molecular weight excluding hydrogens is 284 g/mol. The molecule has 3 rings (SSSR count). The largest absolute Gasteiger partial charge is 0.439 e. The van der Waals surface area contributed by atoms with Gasteiger partial charge in [0, 0.05) is 29.9 Å². The molecule has 110 valence electrons. The average molecular weight is 303 g/mol. The summed E-state index contributed by atoms with van der Waals surface area (Å²) in [5.74, 6) is 1.39. The highest BCUT2D eigenvalue weighted by Gasteiger charge is 2.19. The first-order chi connectivity index (χ1) is 10.2. The van der Waals surface area contributed by atoms with Gasteiger partial charge in [0.1, 0.15) is 5.75 Å². The summed E-state index contributed by atoms with van der Waals surface area (Å²) in [5.41, 5.74) is 2.28. The Hall–Kier alpha value is -1.58. The fraction of sp³-hybridized carbons (Fsp3) is 0.353. The molecule has 21 heavy (non-hydrogen) atoms. The minimum absolute atomic E-state index is 0.620. The fourth-order valence-electron chi connectivity index (χ4n) is 2.17. The van der Waals surface area contributed by atoms with Gasteiger partial charge in [0.25, 0.3) is 0 Å². The van der Waals surface area contributed by atoms with Gasteiger partial charge in [0.15, 0.2) is 0 Å². The van der Waals surface area contributed by atoms with E-state index in [1.165, 1.54) is 18.4 Å². The maximum absolute atomic E-state index is 6.12. The van der Waals surface area contributed by atoms with Crippen molar-refractivity contribution in [3.8, 4) is 11.6 Å². The monoisotopic (exact) mass is 302 g/mol. The zero-order valence-corrected chi connectivity index (χ0v) is 12.9. The molecule has 3 nitrogen and oxygen atoms in total. The van der Waals surface area contributed by atoms with Crippen LogP contribution in [0.1, 0.15) is 30.9 Å². The third-order valence-corrected chi connectivity index (χ3v) is 3.96. The third-order valence-electron chi connectivity index (χ3n) is 3.59. The molecule has 0 unspecified atom stereocenters. The molecule has 1 saturated carbocycles. The molecule has 1 fully saturated rings. The molecule has 1 aliphatic carbocycles. The first kappa shape index (κ1) is 14.4. The van der Waals surface area contributed by atoms with E-state index < -0.39 is 0 Å². The molecule has 0 saturated heterocycles. The average Bonchev–Trinajstić information content (AvgIpc) is 3.32. The van der Waals surface area contributed by atoms with Crippen LogP contribution in [0.25, 0.3) is 0 Å². The molecule has 4 heteroatoms. The molecule has 0 aliphatic heterocycles. The normalized spacial score (nSPS) is 14.2. The van der Waals surface area contributed by atoms with Crippen molar-refractivity contribution in [2.75, 3.05) is 0 Å². The quantitative estimate of drug-likeness (QED) is 0.862. The van der Waals surface area contributed by atoms with Crippen LogP contribution in [0.5, 0.6) is 11.6 Å². The second-order valence-corrected chi connectivity index (χ2v) is 5.77. The van der Waals surface area contributed by atoms with Gasteiger partial charge in [-0.3, -0.25) is 0 Å². The Morgan fingerprint density at radius 2 is 2.14 bits per heavy atom. The number of aromatic nitrogens is 1. The van der Waals surface area contributed by atoms with Gasteiger partial charge in [-0.05, 0) is 54.7 Å². The molecule has 1 N–H and O–H groups in total. The molecule has 0 radical (unpaired) electrons. The smallest absolute Gasteiger partial charge is 0.219 e. The van der Waals surface area contributed by atoms with Crippen LogP contribution < -0.4 is 10.1 Å². The van der Waals surface area contributed by atoms with Gasteiger partial charge in [-0.25, -0.2) is 4.98 Å². The Morgan fingerprint density at radius 1 is 1.29 bits per heavy atom. The second-order valence-electron chi connectivity index (χ2n) is 5.37. The number of aryl methyl sites for hydroxylation is 1. The van der Waals surface area contributed by atoms with Crippen LogP contribution in [0, 0.1) is 0 Å². The summed E-state index contributed by atoms with van der Waals surface area (Å²) >= 11 is 6.12. The molecule has 0 atom stereocenters. The van der Waals surface area contributed by atoms with Crippen LogP contribution in [0.4, 0.5) is 0 Å². The van der Waals surface area contributed by atoms with Crippen molar-refractivity contribution in [3.63, 3.8) is 0 Å². The number of pyridine rings is 1. The van der Waals surface area contributed by atoms with Gasteiger partial charge < -0.3 is 10.1 Å². The van der Waals surface area contributed by atoms with E-state index in [0.29, 0.717) is 11.9 Å². The van der Waals surface area contributed by atoms with Gasteiger partial charge in [-0.1, -0.05) is 18.5 Å². The van der Waals surface area contributed by atoms with Gasteiger partial charge in [0.05, 0.1) is 0 Å². The summed E-state index contributed by atoms with van der Waals surface area (Å²) in [6, 6.07) is 10.4. The zero-order valence-electron chi connectivity index (χ0n) is 12.1. The molecular formula is C17H19ClN2O. The number of ether oxygens (including phenoxy) is 1. The maximum Gasteiger partial charge on any atom is 0.219 e. The van der Waals surface area contributed by atoms with Gasteiger partial charge in [-0.15, -0.1) is 0 Å². The van der Waals surface area contributed by atoms with Gasteiger partial charge in [0.2, 0.25) is 5.88 Å². The lowest BCUT2D eigenvalue weighted by Gasteiger charge is -2.09. The predicted octanol–water partition coefficient (Wildman–Crippen LogP) is 4.34. The van der Waals surface area contributed by atoms with Crippen molar-refractivity contribution >= 4 is 11.6 Å². The van der Waals surface area contributed by atoms with Gasteiger partial charge >= 0.3 is 0 Å². The highest BCUT2D eigenvalue weighted by molar-refractivity contribution is 6.31. The minimum Gasteiger partial charge on any atom is -0.439 e. The third kappa shape index (κ3) is 3.96. The highest BCUT2D eigenvalue weighted by atomic mass is 35.5. The van der Waals surface area contributed by atoms with E-state index in [1.807, 2.05) is 30.3 Å². The number of benzene rings is 1. The summed E-state index contributed by atoms with van der Waals surface area (Å²) < 4.78 is 5.84. The Kier molecular flexibility index (Phi) is 4.42. The van der Waals surface area contributed by atoms with E-state index in [2.05, 4.69) is 17.2 Å². The summed E-state index contributed by atoms with van der Waals surface area (Å²) in [6.07, 6.45) is 5.25. The summed E-state index contributed by atoms with van der Waals surface area (Å²) in [4.78, 5) is 4.27. The Morgan fingerprint density at radius 3 is 2.90 bits per heavy atom. The SMILES string of the molecule is CCc1cc(Oc2cc(CNC3CC3)ccn2)ccc1Cl. The van der Waals surface area contributed by atoms with E-state index in [9.17, 15) is 0 Å². The molecule has 2 aromatic rings. The summed E-state index contributed by atoms with van der Waals surface area (Å²) in [6.45, 7) is 2.94. The number of hydrogen-bond acceptors (Lipinski definition) is 3. The van der Waals surface area contributed by atoms with Gasteiger partial charge in [-0.2, -0.15) is 0 Å². The molecule has 0 bridgehead atoms. The number of halogens is 1. The Labute approximate surface area is 130 Å². The second kappa shape index (κ2) is 6.46. The van der Waals surface area contributed by atoms with E-state index in [4.69, 9.17) is 16.3 Å². The first-order valence-electron chi connectivity index (χ1n) is 7.39. The Bertz CT molecular complexity index is 626. The van der Waals surface area contributed by atoms with E-state index in [0.717, 1.165) is 29.3 Å². The van der Waals surface area contributed by atoms with Crippen molar-refractivity contribution in [1.82, 2.24) is 10.3 Å². The lowest BCUT2D eigenvalue weighted by atomic mass is 10.1. The molecule has 1 aromatic carbocycles. The topological polar surface area (TPSA) is 34.1 Å². The lowest BCUT2D eigenvalue weighted by Crippen LogP contribution is -2.15. The van der Waals surface area contributed by atoms with Crippen molar-refractivity contribution in [2.45, 2.75) is 38.8 Å². The Balaban J connectivity index is 1.70. The molecule has 0 amide bonds. The fourth-order valence-corrected chi connectivity index (χ4v) is 2.42. The number of nitrogens with one attached hydrogen (secondary N) is 1. The predicted molar refractivity (Wildman–Crippen MR) is 85.0 cm³/mol. The first-order valence-corrected chi connectivity index (χ1v) is 7.77. The highest BCUT2D eigenvalue weighted by Crippen LogP contribution is 2.26. The number of hydrogen-bond donors (Lipinski definition) is 1.